The van der Waals surface area contributed by atoms with Crippen LogP contribution in [0.25, 0.3) is 10.9 Å². The van der Waals surface area contributed by atoms with Crippen molar-refractivity contribution in [1.29, 1.82) is 0 Å². The van der Waals surface area contributed by atoms with Gasteiger partial charge in [-0.25, -0.2) is 0 Å². The van der Waals surface area contributed by atoms with Gasteiger partial charge in [-0.05, 0) is 54.8 Å². The molecule has 1 aliphatic heterocycles. The number of benzene rings is 2. The monoisotopic (exact) mass is 434 g/mol. The number of aromatic nitrogens is 1. The van der Waals surface area contributed by atoms with Gasteiger partial charge < -0.3 is 10.1 Å². The molecule has 0 spiro atoms. The summed E-state index contributed by atoms with van der Waals surface area (Å²) >= 11 is 3.60. The van der Waals surface area contributed by atoms with Gasteiger partial charge in [0.05, 0.1) is 12.6 Å². The van der Waals surface area contributed by atoms with Gasteiger partial charge in [0.1, 0.15) is 5.75 Å². The lowest BCUT2D eigenvalue weighted by Gasteiger charge is -2.35. The number of halogens is 1. The summed E-state index contributed by atoms with van der Waals surface area (Å²) in [7, 11) is 1.68. The molecule has 140 valence electrons. The molecule has 0 unspecified atom stereocenters. The lowest BCUT2D eigenvalue weighted by atomic mass is 9.74. The van der Waals surface area contributed by atoms with Crippen LogP contribution in [0.3, 0.4) is 0 Å². The Bertz CT molecular complexity index is 1150. The van der Waals surface area contributed by atoms with E-state index in [2.05, 4.69) is 44.4 Å². The average molecular weight is 435 g/mol. The van der Waals surface area contributed by atoms with Gasteiger partial charge >= 0.3 is 0 Å². The third-order valence-electron chi connectivity index (χ3n) is 5.65. The number of rotatable bonds is 2. The molecular formula is C23H19BrN2O2. The molecule has 2 aromatic carbocycles. The minimum atomic E-state index is -0.181. The summed E-state index contributed by atoms with van der Waals surface area (Å²) in [4.78, 5) is 17.6. The summed E-state index contributed by atoms with van der Waals surface area (Å²) in [5, 5.41) is 4.61. The van der Waals surface area contributed by atoms with Crippen molar-refractivity contribution in [1.82, 2.24) is 4.98 Å². The molecule has 0 radical (unpaired) electrons. The molecule has 28 heavy (non-hydrogen) atoms. The van der Waals surface area contributed by atoms with Gasteiger partial charge in [0.2, 0.25) is 0 Å². The number of ketones is 1. The fourth-order valence-electron chi connectivity index (χ4n) is 4.47. The molecule has 2 aliphatic rings. The average Bonchev–Trinajstić information content (AvgIpc) is 2.72. The van der Waals surface area contributed by atoms with Gasteiger partial charge in [0.15, 0.2) is 5.78 Å². The summed E-state index contributed by atoms with van der Waals surface area (Å²) in [6, 6.07) is 14.1. The largest absolute Gasteiger partial charge is 0.496 e. The number of fused-ring (bicyclic) bond motifs is 3. The van der Waals surface area contributed by atoms with Crippen molar-refractivity contribution < 1.29 is 9.53 Å². The van der Waals surface area contributed by atoms with E-state index in [1.165, 1.54) is 0 Å². The zero-order chi connectivity index (χ0) is 19.3. The summed E-state index contributed by atoms with van der Waals surface area (Å²) in [5.41, 5.74) is 5.97. The molecule has 0 saturated carbocycles. The molecule has 1 N–H and O–H groups in total. The number of allylic oxidation sites excluding steroid dienone is 2. The standard InChI is InChI=1S/C23H19BrN2O2/c1-28-20-10-7-13(24)12-15(20)22-21-14-4-3-11-25-16(14)8-9-18(21)26-17-5-2-6-19(27)23(17)22/h3-4,7-12,22,26H,2,5-6H2,1H3/t22-/m0/s1. The molecule has 5 rings (SSSR count). The van der Waals surface area contributed by atoms with Crippen LogP contribution in [0, 0.1) is 0 Å². The van der Waals surface area contributed by atoms with Crippen LogP contribution in [0.2, 0.25) is 0 Å². The molecule has 2 heterocycles. The highest BCUT2D eigenvalue weighted by molar-refractivity contribution is 9.10. The van der Waals surface area contributed by atoms with Crippen LogP contribution in [-0.2, 0) is 4.79 Å². The van der Waals surface area contributed by atoms with E-state index in [1.54, 1.807) is 13.3 Å². The Kier molecular flexibility index (Phi) is 4.20. The van der Waals surface area contributed by atoms with E-state index < -0.39 is 0 Å². The Morgan fingerprint density at radius 2 is 2.07 bits per heavy atom. The first-order valence-corrected chi connectivity index (χ1v) is 10.2. The van der Waals surface area contributed by atoms with E-state index in [4.69, 9.17) is 4.74 Å². The number of pyridine rings is 1. The number of ether oxygens (including phenoxy) is 1. The first kappa shape index (κ1) is 17.4. The Balaban J connectivity index is 1.87. The van der Waals surface area contributed by atoms with Gasteiger partial charge in [0.25, 0.3) is 0 Å². The second-order valence-electron chi connectivity index (χ2n) is 7.21. The normalized spacial score (nSPS) is 18.5. The number of carbonyl (C=O) groups is 1. The summed E-state index contributed by atoms with van der Waals surface area (Å²) in [6.07, 6.45) is 4.16. The maximum Gasteiger partial charge on any atom is 0.161 e. The lowest BCUT2D eigenvalue weighted by molar-refractivity contribution is -0.116. The first-order chi connectivity index (χ1) is 13.7. The van der Waals surface area contributed by atoms with E-state index >= 15 is 0 Å². The highest BCUT2D eigenvalue weighted by Crippen LogP contribution is 2.50. The Hall–Kier alpha value is -2.66. The third kappa shape index (κ3) is 2.65. The van der Waals surface area contributed by atoms with Crippen LogP contribution in [0.15, 0.2) is 64.4 Å². The van der Waals surface area contributed by atoms with Crippen LogP contribution in [0.1, 0.15) is 36.3 Å². The van der Waals surface area contributed by atoms with Crippen molar-refractivity contribution in [3.63, 3.8) is 0 Å². The number of hydrogen-bond donors (Lipinski definition) is 1. The minimum Gasteiger partial charge on any atom is -0.496 e. The van der Waals surface area contributed by atoms with Crippen molar-refractivity contribution in [2.24, 2.45) is 0 Å². The van der Waals surface area contributed by atoms with Crippen molar-refractivity contribution in [3.8, 4) is 5.75 Å². The number of carbonyl (C=O) groups excluding carboxylic acids is 1. The van der Waals surface area contributed by atoms with Crippen LogP contribution in [0.4, 0.5) is 5.69 Å². The van der Waals surface area contributed by atoms with E-state index in [9.17, 15) is 4.79 Å². The van der Waals surface area contributed by atoms with Crippen LogP contribution >= 0.6 is 15.9 Å². The molecule has 3 aromatic rings. The van der Waals surface area contributed by atoms with Gasteiger partial charge in [-0.15, -0.1) is 0 Å². The second kappa shape index (κ2) is 6.74. The number of Topliss-reactive ketones (excluding diaryl/α,β-unsaturated/α-hetero) is 1. The predicted octanol–water partition coefficient (Wildman–Crippen LogP) is 5.57. The molecular weight excluding hydrogens is 416 g/mol. The molecule has 1 aliphatic carbocycles. The van der Waals surface area contributed by atoms with Crippen molar-refractivity contribution in [3.05, 3.63) is 75.5 Å². The second-order valence-corrected chi connectivity index (χ2v) is 8.13. The topological polar surface area (TPSA) is 51.2 Å². The summed E-state index contributed by atoms with van der Waals surface area (Å²) in [6.45, 7) is 0. The van der Waals surface area contributed by atoms with E-state index in [-0.39, 0.29) is 11.7 Å². The number of nitrogens with one attached hydrogen (secondary N) is 1. The minimum absolute atomic E-state index is 0.181. The smallest absolute Gasteiger partial charge is 0.161 e. The van der Waals surface area contributed by atoms with E-state index in [0.29, 0.717) is 6.42 Å². The maximum atomic E-state index is 13.1. The van der Waals surface area contributed by atoms with Crippen molar-refractivity contribution in [2.45, 2.75) is 25.2 Å². The zero-order valence-corrected chi connectivity index (χ0v) is 17.0. The van der Waals surface area contributed by atoms with Crippen LogP contribution < -0.4 is 10.1 Å². The van der Waals surface area contributed by atoms with Crippen LogP contribution in [0.5, 0.6) is 5.75 Å². The maximum absolute atomic E-state index is 13.1. The highest BCUT2D eigenvalue weighted by atomic mass is 79.9. The predicted molar refractivity (Wildman–Crippen MR) is 114 cm³/mol. The zero-order valence-electron chi connectivity index (χ0n) is 15.5. The van der Waals surface area contributed by atoms with Crippen molar-refractivity contribution in [2.75, 3.05) is 12.4 Å². The van der Waals surface area contributed by atoms with Crippen molar-refractivity contribution >= 4 is 38.3 Å². The quantitative estimate of drug-likeness (QED) is 0.572. The number of nitrogens with zero attached hydrogens (tertiary/aromatic N) is 1. The molecule has 5 heteroatoms. The number of anilines is 1. The molecule has 0 fully saturated rings. The highest BCUT2D eigenvalue weighted by Gasteiger charge is 2.37. The van der Waals surface area contributed by atoms with Gasteiger partial charge in [-0.1, -0.05) is 22.0 Å². The number of methoxy groups -OCH3 is 1. The molecule has 1 atom stereocenters. The Morgan fingerprint density at radius 3 is 2.93 bits per heavy atom. The Morgan fingerprint density at radius 1 is 1.18 bits per heavy atom. The fraction of sp³-hybridized carbons (Fsp3) is 0.217. The molecule has 0 bridgehead atoms. The molecule has 0 amide bonds. The number of hydrogen-bond acceptors (Lipinski definition) is 4. The van der Waals surface area contributed by atoms with E-state index in [0.717, 1.165) is 62.1 Å². The van der Waals surface area contributed by atoms with Gasteiger partial charge in [-0.3, -0.25) is 9.78 Å². The van der Waals surface area contributed by atoms with Gasteiger partial charge in [-0.2, -0.15) is 0 Å². The SMILES string of the molecule is COc1ccc(Br)cc1[C@@H]1C2=C(CCCC2=O)Nc2ccc3ncccc3c21. The molecule has 1 aromatic heterocycles. The van der Waals surface area contributed by atoms with E-state index in [1.807, 2.05) is 24.3 Å². The fourth-order valence-corrected chi connectivity index (χ4v) is 4.85. The summed E-state index contributed by atoms with van der Waals surface area (Å²) in [5.74, 6) is 0.818. The van der Waals surface area contributed by atoms with Gasteiger partial charge in [0, 0.05) is 50.9 Å². The molecule has 0 saturated heterocycles. The third-order valence-corrected chi connectivity index (χ3v) is 6.14. The molecule has 4 nitrogen and oxygen atoms in total. The lowest BCUT2D eigenvalue weighted by Crippen LogP contribution is -2.27. The first-order valence-electron chi connectivity index (χ1n) is 9.41. The summed E-state index contributed by atoms with van der Waals surface area (Å²) < 4.78 is 6.67. The Labute approximate surface area is 171 Å². The van der Waals surface area contributed by atoms with Crippen LogP contribution in [-0.4, -0.2) is 17.9 Å².